The Kier molecular flexibility index (Phi) is 5.30. The molecule has 0 aliphatic carbocycles. The van der Waals surface area contributed by atoms with Gasteiger partial charge in [-0.2, -0.15) is 5.10 Å². The predicted octanol–water partition coefficient (Wildman–Crippen LogP) is 2.00. The molecule has 0 radical (unpaired) electrons. The van der Waals surface area contributed by atoms with Crippen LogP contribution in [0.15, 0.2) is 29.8 Å². The first-order chi connectivity index (χ1) is 13.2. The Morgan fingerprint density at radius 1 is 1.48 bits per heavy atom. The number of thiophene rings is 1. The number of rotatable bonds is 6. The molecular weight excluding hydrogens is 362 g/mol. The Morgan fingerprint density at radius 2 is 2.41 bits per heavy atom. The quantitative estimate of drug-likeness (QED) is 0.677. The van der Waals surface area contributed by atoms with E-state index < -0.39 is 0 Å². The molecular formula is C18H23N7OS. The summed E-state index contributed by atoms with van der Waals surface area (Å²) in [6, 6.07) is 6.00. The monoisotopic (exact) mass is 385 g/mol. The Morgan fingerprint density at radius 3 is 3.19 bits per heavy atom. The summed E-state index contributed by atoms with van der Waals surface area (Å²) in [5.74, 6) is 0.400. The molecule has 0 unspecified atom stereocenters. The maximum absolute atomic E-state index is 12.7. The minimum Gasteiger partial charge on any atom is -0.334 e. The van der Waals surface area contributed by atoms with Crippen molar-refractivity contribution in [1.82, 2.24) is 35.4 Å². The number of H-pyrrole nitrogens is 1. The van der Waals surface area contributed by atoms with Crippen molar-refractivity contribution in [3.8, 4) is 10.6 Å². The molecule has 3 aromatic heterocycles. The topological polar surface area (TPSA) is 91.7 Å². The summed E-state index contributed by atoms with van der Waals surface area (Å²) in [5, 5.41) is 20.9. The average molecular weight is 385 g/mol. The van der Waals surface area contributed by atoms with E-state index in [0.717, 1.165) is 35.9 Å². The number of hydrogen-bond donors (Lipinski definition) is 2. The van der Waals surface area contributed by atoms with Crippen molar-refractivity contribution >= 4 is 17.2 Å². The second-order valence-electron chi connectivity index (χ2n) is 6.96. The third-order valence-electron chi connectivity index (χ3n) is 4.76. The maximum atomic E-state index is 12.7. The average Bonchev–Trinajstić information content (AvgIpc) is 3.43. The zero-order chi connectivity index (χ0) is 18.6. The molecule has 1 atom stereocenters. The predicted molar refractivity (Wildman–Crippen MR) is 103 cm³/mol. The van der Waals surface area contributed by atoms with Crippen molar-refractivity contribution < 1.29 is 4.79 Å². The molecule has 1 aliphatic heterocycles. The Hall–Kier alpha value is -2.52. The molecule has 0 aromatic carbocycles. The van der Waals surface area contributed by atoms with Gasteiger partial charge in [0, 0.05) is 13.6 Å². The van der Waals surface area contributed by atoms with Crippen molar-refractivity contribution in [3.63, 3.8) is 0 Å². The largest absolute Gasteiger partial charge is 0.334 e. The summed E-state index contributed by atoms with van der Waals surface area (Å²) >= 11 is 1.64. The van der Waals surface area contributed by atoms with E-state index in [1.807, 2.05) is 23.6 Å². The van der Waals surface area contributed by atoms with Gasteiger partial charge in [-0.25, -0.2) is 0 Å². The lowest BCUT2D eigenvalue weighted by Gasteiger charge is -2.22. The molecule has 4 rings (SSSR count). The van der Waals surface area contributed by atoms with E-state index in [1.54, 1.807) is 34.2 Å². The van der Waals surface area contributed by atoms with Gasteiger partial charge in [-0.3, -0.25) is 14.6 Å². The van der Waals surface area contributed by atoms with E-state index in [-0.39, 0.29) is 5.91 Å². The van der Waals surface area contributed by atoms with Crippen LogP contribution in [0.2, 0.25) is 0 Å². The number of piperidine rings is 1. The highest BCUT2D eigenvalue weighted by molar-refractivity contribution is 7.13. The molecule has 142 valence electrons. The lowest BCUT2D eigenvalue weighted by atomic mass is 10.00. The fourth-order valence-corrected chi connectivity index (χ4v) is 4.03. The summed E-state index contributed by atoms with van der Waals surface area (Å²) in [6.07, 6.45) is 4.12. The summed E-state index contributed by atoms with van der Waals surface area (Å²) in [5.41, 5.74) is 2.15. The third-order valence-corrected chi connectivity index (χ3v) is 5.65. The van der Waals surface area contributed by atoms with E-state index in [0.29, 0.717) is 18.2 Å². The van der Waals surface area contributed by atoms with Crippen LogP contribution in [0.5, 0.6) is 0 Å². The van der Waals surface area contributed by atoms with E-state index in [9.17, 15) is 4.79 Å². The van der Waals surface area contributed by atoms with Gasteiger partial charge in [-0.1, -0.05) is 11.3 Å². The fourth-order valence-electron chi connectivity index (χ4n) is 3.35. The van der Waals surface area contributed by atoms with Crippen LogP contribution < -0.4 is 5.32 Å². The first kappa shape index (κ1) is 17.9. The molecule has 1 saturated heterocycles. The first-order valence-electron chi connectivity index (χ1n) is 9.13. The van der Waals surface area contributed by atoms with E-state index in [1.165, 1.54) is 12.8 Å². The fraction of sp³-hybridized carbons (Fsp3) is 0.444. The van der Waals surface area contributed by atoms with Gasteiger partial charge >= 0.3 is 0 Å². The van der Waals surface area contributed by atoms with Crippen molar-refractivity contribution in [2.75, 3.05) is 20.1 Å². The number of aromatic amines is 1. The molecule has 0 saturated carbocycles. The third kappa shape index (κ3) is 4.25. The highest BCUT2D eigenvalue weighted by Gasteiger charge is 2.19. The van der Waals surface area contributed by atoms with E-state index >= 15 is 0 Å². The Bertz CT molecular complexity index is 879. The molecule has 0 spiro atoms. The minimum absolute atomic E-state index is 0.143. The number of amides is 1. The lowest BCUT2D eigenvalue weighted by Crippen LogP contribution is -2.32. The molecule has 4 heterocycles. The summed E-state index contributed by atoms with van der Waals surface area (Å²) in [4.78, 5) is 15.4. The van der Waals surface area contributed by atoms with Gasteiger partial charge in [0.25, 0.3) is 5.91 Å². The molecule has 1 amide bonds. The first-order valence-corrected chi connectivity index (χ1v) is 10.0. The van der Waals surface area contributed by atoms with Crippen molar-refractivity contribution in [2.24, 2.45) is 5.92 Å². The number of carbonyl (C=O) groups excluding carboxylic acids is 1. The van der Waals surface area contributed by atoms with Crippen LogP contribution >= 0.6 is 11.3 Å². The SMILES string of the molecule is CN(Cc1cc(-c2cccs2)n[nH]1)C(=O)c1cn(C[C@H]2CCCNC2)nn1. The normalized spacial score (nSPS) is 17.1. The van der Waals surface area contributed by atoms with E-state index in [2.05, 4.69) is 25.8 Å². The zero-order valence-corrected chi connectivity index (χ0v) is 16.1. The van der Waals surface area contributed by atoms with Gasteiger partial charge in [0.05, 0.1) is 23.3 Å². The van der Waals surface area contributed by atoms with Crippen LogP contribution in [-0.2, 0) is 13.1 Å². The van der Waals surface area contributed by atoms with Gasteiger partial charge in [-0.05, 0) is 49.4 Å². The molecule has 0 bridgehead atoms. The molecule has 2 N–H and O–H groups in total. The van der Waals surface area contributed by atoms with Crippen LogP contribution in [0.4, 0.5) is 0 Å². The van der Waals surface area contributed by atoms with Crippen molar-refractivity contribution in [3.05, 3.63) is 41.2 Å². The summed E-state index contributed by atoms with van der Waals surface area (Å²) in [7, 11) is 1.76. The molecule has 8 nitrogen and oxygen atoms in total. The highest BCUT2D eigenvalue weighted by atomic mass is 32.1. The Balaban J connectivity index is 1.36. The van der Waals surface area contributed by atoms with Crippen LogP contribution in [-0.4, -0.2) is 56.1 Å². The standard InChI is InChI=1S/C18H23N7OS/c1-24(11-14-8-15(21-20-14)17-5-3-7-27-17)18(26)16-12-25(23-22-16)10-13-4-2-6-19-9-13/h3,5,7-8,12-13,19H,2,4,6,9-11H2,1H3,(H,20,21)/t13-/m0/s1. The second kappa shape index (κ2) is 8.01. The summed E-state index contributed by atoms with van der Waals surface area (Å²) < 4.78 is 1.78. The zero-order valence-electron chi connectivity index (χ0n) is 15.3. The molecule has 9 heteroatoms. The van der Waals surface area contributed by atoms with Gasteiger partial charge in [0.1, 0.15) is 5.69 Å². The number of hydrogen-bond acceptors (Lipinski definition) is 6. The lowest BCUT2D eigenvalue weighted by molar-refractivity contribution is 0.0777. The summed E-state index contributed by atoms with van der Waals surface area (Å²) in [6.45, 7) is 3.32. The Labute approximate surface area is 161 Å². The van der Waals surface area contributed by atoms with Gasteiger partial charge in [0.2, 0.25) is 0 Å². The van der Waals surface area contributed by atoms with Gasteiger partial charge in [-0.15, -0.1) is 16.4 Å². The molecule has 1 aliphatic rings. The number of nitrogens with one attached hydrogen (secondary N) is 2. The number of carbonyl (C=O) groups is 1. The van der Waals surface area contributed by atoms with Gasteiger partial charge < -0.3 is 10.2 Å². The smallest absolute Gasteiger partial charge is 0.276 e. The van der Waals surface area contributed by atoms with Crippen molar-refractivity contribution in [1.29, 1.82) is 0 Å². The maximum Gasteiger partial charge on any atom is 0.276 e. The number of aromatic nitrogens is 5. The van der Waals surface area contributed by atoms with Crippen LogP contribution in [0.3, 0.4) is 0 Å². The second-order valence-corrected chi connectivity index (χ2v) is 7.90. The highest BCUT2D eigenvalue weighted by Crippen LogP contribution is 2.23. The van der Waals surface area contributed by atoms with Crippen LogP contribution in [0.25, 0.3) is 10.6 Å². The van der Waals surface area contributed by atoms with Gasteiger partial charge in [0.15, 0.2) is 5.69 Å². The number of nitrogens with zero attached hydrogens (tertiary/aromatic N) is 5. The van der Waals surface area contributed by atoms with Crippen molar-refractivity contribution in [2.45, 2.75) is 25.9 Å². The van der Waals surface area contributed by atoms with Crippen LogP contribution in [0, 0.1) is 5.92 Å². The molecule has 1 fully saturated rings. The molecule has 27 heavy (non-hydrogen) atoms. The molecule has 3 aromatic rings. The minimum atomic E-state index is -0.143. The van der Waals surface area contributed by atoms with Crippen LogP contribution in [0.1, 0.15) is 29.0 Å². The van der Waals surface area contributed by atoms with E-state index in [4.69, 9.17) is 0 Å².